The van der Waals surface area contributed by atoms with Crippen LogP contribution in [0, 0.1) is 6.92 Å². The number of anilines is 1. The lowest BCUT2D eigenvalue weighted by Crippen LogP contribution is -2.01. The van der Waals surface area contributed by atoms with Crippen molar-refractivity contribution in [2.45, 2.75) is 13.5 Å². The van der Waals surface area contributed by atoms with Gasteiger partial charge in [-0.3, -0.25) is 0 Å². The first kappa shape index (κ1) is 12.2. The van der Waals surface area contributed by atoms with E-state index < -0.39 is 0 Å². The van der Waals surface area contributed by atoms with Crippen molar-refractivity contribution in [1.82, 2.24) is 0 Å². The summed E-state index contributed by atoms with van der Waals surface area (Å²) < 4.78 is 9.90. The van der Waals surface area contributed by atoms with Gasteiger partial charge in [0.2, 0.25) is 0 Å². The predicted octanol–water partition coefficient (Wildman–Crippen LogP) is 2.99. The number of esters is 1. The summed E-state index contributed by atoms with van der Waals surface area (Å²) in [6, 6.07) is 9.67. The molecule has 94 valence electrons. The molecule has 18 heavy (non-hydrogen) atoms. The summed E-state index contributed by atoms with van der Waals surface area (Å²) in [5, 5.41) is 3.25. The molecule has 0 bridgehead atoms. The number of benzene rings is 1. The molecule has 0 saturated carbocycles. The number of rotatable bonds is 4. The maximum atomic E-state index is 11.3. The number of methoxy groups -OCH3 is 1. The molecule has 0 aliphatic carbocycles. The van der Waals surface area contributed by atoms with Gasteiger partial charge in [-0.2, -0.15) is 0 Å². The second-order valence-electron chi connectivity index (χ2n) is 3.96. The molecule has 1 heterocycles. The predicted molar refractivity (Wildman–Crippen MR) is 68.6 cm³/mol. The zero-order valence-corrected chi connectivity index (χ0v) is 10.4. The van der Waals surface area contributed by atoms with E-state index in [9.17, 15) is 4.79 Å². The van der Waals surface area contributed by atoms with Crippen LogP contribution in [0.15, 0.2) is 41.0 Å². The fourth-order valence-corrected chi connectivity index (χ4v) is 1.65. The van der Waals surface area contributed by atoms with Crippen molar-refractivity contribution in [2.24, 2.45) is 0 Å². The summed E-state index contributed by atoms with van der Waals surface area (Å²) in [7, 11) is 1.35. The fourth-order valence-electron chi connectivity index (χ4n) is 1.65. The van der Waals surface area contributed by atoms with Crippen LogP contribution in [-0.2, 0) is 11.3 Å². The highest BCUT2D eigenvalue weighted by Crippen LogP contribution is 2.16. The Labute approximate surface area is 106 Å². The summed E-state index contributed by atoms with van der Waals surface area (Å²) in [4.78, 5) is 11.3. The summed E-state index contributed by atoms with van der Waals surface area (Å²) >= 11 is 0. The lowest BCUT2D eigenvalue weighted by atomic mass is 10.2. The molecule has 0 amide bonds. The third-order valence-corrected chi connectivity index (χ3v) is 2.67. The molecule has 2 rings (SSSR count). The van der Waals surface area contributed by atoms with Crippen LogP contribution in [0.1, 0.15) is 21.7 Å². The second kappa shape index (κ2) is 5.40. The standard InChI is InChI=1S/C14H15NO3/c1-10-5-3-4-6-13(10)15-8-12-7-11(9-18-12)14(16)17-2/h3-7,9,15H,8H2,1-2H3. The molecule has 0 saturated heterocycles. The van der Waals surface area contributed by atoms with Gasteiger partial charge < -0.3 is 14.5 Å². The Hall–Kier alpha value is -2.23. The average molecular weight is 245 g/mol. The van der Waals surface area contributed by atoms with Gasteiger partial charge >= 0.3 is 5.97 Å². The maximum Gasteiger partial charge on any atom is 0.341 e. The molecule has 1 aromatic heterocycles. The number of carbonyl (C=O) groups is 1. The lowest BCUT2D eigenvalue weighted by molar-refractivity contribution is 0.0600. The zero-order chi connectivity index (χ0) is 13.0. The molecule has 0 atom stereocenters. The van der Waals surface area contributed by atoms with Gasteiger partial charge in [-0.15, -0.1) is 0 Å². The SMILES string of the molecule is COC(=O)c1coc(CNc2ccccc2C)c1. The van der Waals surface area contributed by atoms with E-state index in [0.717, 1.165) is 11.3 Å². The first-order valence-electron chi connectivity index (χ1n) is 5.66. The Balaban J connectivity index is 2.01. The summed E-state index contributed by atoms with van der Waals surface area (Å²) in [5.74, 6) is 0.305. The summed E-state index contributed by atoms with van der Waals surface area (Å²) in [6.45, 7) is 2.56. The van der Waals surface area contributed by atoms with Crippen LogP contribution in [-0.4, -0.2) is 13.1 Å². The number of para-hydroxylation sites is 1. The number of hydrogen-bond acceptors (Lipinski definition) is 4. The van der Waals surface area contributed by atoms with Crippen LogP contribution in [0.4, 0.5) is 5.69 Å². The molecule has 0 spiro atoms. The minimum Gasteiger partial charge on any atom is -0.467 e. The van der Waals surface area contributed by atoms with Gasteiger partial charge in [-0.05, 0) is 24.6 Å². The monoisotopic (exact) mass is 245 g/mol. The van der Waals surface area contributed by atoms with Crippen LogP contribution in [0.3, 0.4) is 0 Å². The number of nitrogens with one attached hydrogen (secondary N) is 1. The topological polar surface area (TPSA) is 51.5 Å². The Morgan fingerprint density at radius 3 is 2.89 bits per heavy atom. The molecule has 0 fully saturated rings. The van der Waals surface area contributed by atoms with E-state index >= 15 is 0 Å². The Morgan fingerprint density at radius 1 is 1.39 bits per heavy atom. The van der Waals surface area contributed by atoms with Crippen molar-refractivity contribution in [1.29, 1.82) is 0 Å². The third kappa shape index (κ3) is 2.71. The minimum absolute atomic E-state index is 0.388. The zero-order valence-electron chi connectivity index (χ0n) is 10.4. The van der Waals surface area contributed by atoms with Crippen LogP contribution in [0.5, 0.6) is 0 Å². The van der Waals surface area contributed by atoms with Gasteiger partial charge in [0, 0.05) is 5.69 Å². The van der Waals surface area contributed by atoms with E-state index in [4.69, 9.17) is 4.42 Å². The van der Waals surface area contributed by atoms with E-state index in [-0.39, 0.29) is 5.97 Å². The molecular weight excluding hydrogens is 230 g/mol. The highest BCUT2D eigenvalue weighted by Gasteiger charge is 2.09. The molecule has 1 aromatic carbocycles. The Morgan fingerprint density at radius 2 is 2.17 bits per heavy atom. The first-order valence-corrected chi connectivity index (χ1v) is 5.66. The molecule has 2 aromatic rings. The number of furan rings is 1. The van der Waals surface area contributed by atoms with Gasteiger partial charge in [0.05, 0.1) is 19.2 Å². The number of aryl methyl sites for hydroxylation is 1. The highest BCUT2D eigenvalue weighted by atomic mass is 16.5. The highest BCUT2D eigenvalue weighted by molar-refractivity contribution is 5.88. The van der Waals surface area contributed by atoms with E-state index in [2.05, 4.69) is 10.1 Å². The van der Waals surface area contributed by atoms with E-state index in [1.165, 1.54) is 13.4 Å². The number of carbonyl (C=O) groups excluding carboxylic acids is 1. The number of ether oxygens (including phenoxy) is 1. The van der Waals surface area contributed by atoms with Gasteiger partial charge in [0.15, 0.2) is 0 Å². The van der Waals surface area contributed by atoms with Crippen molar-refractivity contribution in [2.75, 3.05) is 12.4 Å². The van der Waals surface area contributed by atoms with E-state index in [1.54, 1.807) is 6.07 Å². The minimum atomic E-state index is -0.388. The molecule has 0 unspecified atom stereocenters. The molecular formula is C14H15NO3. The van der Waals surface area contributed by atoms with Gasteiger partial charge in [-0.25, -0.2) is 4.79 Å². The molecule has 1 N–H and O–H groups in total. The van der Waals surface area contributed by atoms with Crippen LogP contribution < -0.4 is 5.32 Å². The third-order valence-electron chi connectivity index (χ3n) is 2.67. The van der Waals surface area contributed by atoms with Crippen molar-refractivity contribution in [3.63, 3.8) is 0 Å². The Bertz CT molecular complexity index is 545. The van der Waals surface area contributed by atoms with Crippen LogP contribution in [0.25, 0.3) is 0 Å². The van der Waals surface area contributed by atoms with Crippen LogP contribution >= 0.6 is 0 Å². The summed E-state index contributed by atoms with van der Waals surface area (Å²) in [6.07, 6.45) is 1.40. The van der Waals surface area contributed by atoms with E-state index in [1.807, 2.05) is 31.2 Å². The second-order valence-corrected chi connectivity index (χ2v) is 3.96. The maximum absolute atomic E-state index is 11.3. The first-order chi connectivity index (χ1) is 8.70. The van der Waals surface area contributed by atoms with Crippen molar-refractivity contribution < 1.29 is 13.9 Å². The van der Waals surface area contributed by atoms with Crippen molar-refractivity contribution >= 4 is 11.7 Å². The molecule has 0 radical (unpaired) electrons. The fraction of sp³-hybridized carbons (Fsp3) is 0.214. The average Bonchev–Trinajstić information content (AvgIpc) is 2.86. The smallest absolute Gasteiger partial charge is 0.341 e. The van der Waals surface area contributed by atoms with Gasteiger partial charge in [0.1, 0.15) is 12.0 Å². The summed E-state index contributed by atoms with van der Waals surface area (Å²) in [5.41, 5.74) is 2.64. The normalized spacial score (nSPS) is 10.1. The quantitative estimate of drug-likeness (QED) is 0.841. The largest absolute Gasteiger partial charge is 0.467 e. The molecule has 4 heteroatoms. The van der Waals surface area contributed by atoms with Gasteiger partial charge in [-0.1, -0.05) is 18.2 Å². The van der Waals surface area contributed by atoms with Crippen molar-refractivity contribution in [3.05, 3.63) is 53.5 Å². The molecule has 0 aliphatic heterocycles. The number of hydrogen-bond donors (Lipinski definition) is 1. The van der Waals surface area contributed by atoms with Gasteiger partial charge in [0.25, 0.3) is 0 Å². The van der Waals surface area contributed by atoms with Crippen molar-refractivity contribution in [3.8, 4) is 0 Å². The molecule has 4 nitrogen and oxygen atoms in total. The lowest BCUT2D eigenvalue weighted by Gasteiger charge is -2.06. The van der Waals surface area contributed by atoms with Crippen LogP contribution in [0.2, 0.25) is 0 Å². The Kier molecular flexibility index (Phi) is 3.67. The van der Waals surface area contributed by atoms with E-state index in [0.29, 0.717) is 17.9 Å². The molecule has 0 aliphatic rings.